The Kier molecular flexibility index (Phi) is 5.74. The van der Waals surface area contributed by atoms with E-state index in [1.807, 2.05) is 36.4 Å². The van der Waals surface area contributed by atoms with Crippen molar-refractivity contribution in [3.63, 3.8) is 0 Å². The molecule has 3 aromatic rings. The second-order valence-electron chi connectivity index (χ2n) is 6.58. The molecule has 1 aliphatic heterocycles. The third kappa shape index (κ3) is 4.23. The van der Waals surface area contributed by atoms with E-state index in [0.29, 0.717) is 23.8 Å². The van der Waals surface area contributed by atoms with Crippen LogP contribution in [0.5, 0.6) is 5.75 Å². The molecule has 6 heteroatoms. The Morgan fingerprint density at radius 3 is 2.59 bits per heavy atom. The lowest BCUT2D eigenvalue weighted by Crippen LogP contribution is -2.27. The van der Waals surface area contributed by atoms with Crippen LogP contribution >= 0.6 is 27.7 Å². The number of ether oxygens (including phenoxy) is 1. The largest absolute Gasteiger partial charge is 0.488 e. The molecule has 0 aliphatic carbocycles. The van der Waals surface area contributed by atoms with Crippen molar-refractivity contribution in [2.24, 2.45) is 0 Å². The number of imide groups is 1. The average Bonchev–Trinajstić information content (AvgIpc) is 2.99. The van der Waals surface area contributed by atoms with Gasteiger partial charge in [0.05, 0.1) is 4.91 Å². The lowest BCUT2D eigenvalue weighted by Gasteiger charge is -2.11. The molecule has 0 radical (unpaired) electrons. The van der Waals surface area contributed by atoms with E-state index in [0.717, 1.165) is 32.7 Å². The molecule has 1 heterocycles. The van der Waals surface area contributed by atoms with Gasteiger partial charge in [-0.3, -0.25) is 14.5 Å². The van der Waals surface area contributed by atoms with Crippen molar-refractivity contribution >= 4 is 55.7 Å². The van der Waals surface area contributed by atoms with Gasteiger partial charge >= 0.3 is 0 Å². The third-order valence-electron chi connectivity index (χ3n) is 4.66. The molecule has 0 aromatic heterocycles. The number of amides is 2. The van der Waals surface area contributed by atoms with Gasteiger partial charge in [-0.1, -0.05) is 52.3 Å². The van der Waals surface area contributed by atoms with Crippen molar-refractivity contribution in [1.82, 2.24) is 4.90 Å². The summed E-state index contributed by atoms with van der Waals surface area (Å²) in [5.74, 6) is 0.396. The normalized spacial score (nSPS) is 15.5. The molecule has 1 fully saturated rings. The summed E-state index contributed by atoms with van der Waals surface area (Å²) < 4.78 is 6.94. The minimum Gasteiger partial charge on any atom is -0.488 e. The monoisotopic (exact) mass is 467 g/mol. The third-order valence-corrected chi connectivity index (χ3v) is 6.06. The SMILES string of the molecule is CCN1C(=O)S/C(=C/c2cc(Br)ccc2OCc2ccc3ccccc3c2)C1=O. The molecule has 1 aliphatic rings. The fourth-order valence-electron chi connectivity index (χ4n) is 3.17. The van der Waals surface area contributed by atoms with Gasteiger partial charge in [-0.2, -0.15) is 0 Å². The van der Waals surface area contributed by atoms with E-state index < -0.39 is 0 Å². The number of nitrogens with zero attached hydrogens (tertiary/aromatic N) is 1. The van der Waals surface area contributed by atoms with Gasteiger partial charge in [-0.05, 0) is 65.4 Å². The Hall–Kier alpha value is -2.57. The lowest BCUT2D eigenvalue weighted by molar-refractivity contribution is -0.122. The smallest absolute Gasteiger partial charge is 0.293 e. The van der Waals surface area contributed by atoms with Crippen LogP contribution in [0.15, 0.2) is 70.0 Å². The number of likely N-dealkylation sites (N-methyl/N-ethyl adjacent to an activating group) is 1. The van der Waals surface area contributed by atoms with Crippen molar-refractivity contribution in [2.75, 3.05) is 6.54 Å². The Morgan fingerprint density at radius 1 is 1.03 bits per heavy atom. The minimum absolute atomic E-state index is 0.239. The van der Waals surface area contributed by atoms with Crippen molar-refractivity contribution in [3.05, 3.63) is 81.2 Å². The molecule has 0 unspecified atom stereocenters. The zero-order chi connectivity index (χ0) is 20.4. The second-order valence-corrected chi connectivity index (χ2v) is 8.49. The number of carbonyl (C=O) groups is 2. The summed E-state index contributed by atoms with van der Waals surface area (Å²) in [6.45, 7) is 2.56. The van der Waals surface area contributed by atoms with Crippen molar-refractivity contribution < 1.29 is 14.3 Å². The molecule has 4 nitrogen and oxygen atoms in total. The fourth-order valence-corrected chi connectivity index (χ4v) is 4.44. The van der Waals surface area contributed by atoms with Crippen LogP contribution in [-0.2, 0) is 11.4 Å². The predicted molar refractivity (Wildman–Crippen MR) is 121 cm³/mol. The van der Waals surface area contributed by atoms with Crippen LogP contribution < -0.4 is 4.74 Å². The number of hydrogen-bond donors (Lipinski definition) is 0. The molecule has 3 aromatic carbocycles. The maximum absolute atomic E-state index is 12.4. The van der Waals surface area contributed by atoms with E-state index >= 15 is 0 Å². The average molecular weight is 468 g/mol. The van der Waals surface area contributed by atoms with Crippen LogP contribution in [0.2, 0.25) is 0 Å². The van der Waals surface area contributed by atoms with Gasteiger partial charge in [0.25, 0.3) is 11.1 Å². The summed E-state index contributed by atoms with van der Waals surface area (Å²) in [5.41, 5.74) is 1.81. The van der Waals surface area contributed by atoms with Crippen LogP contribution in [0, 0.1) is 0 Å². The van der Waals surface area contributed by atoms with Crippen molar-refractivity contribution in [3.8, 4) is 5.75 Å². The van der Waals surface area contributed by atoms with E-state index in [1.165, 1.54) is 10.3 Å². The van der Waals surface area contributed by atoms with Gasteiger partial charge in [0.2, 0.25) is 0 Å². The summed E-state index contributed by atoms with van der Waals surface area (Å²) in [6.07, 6.45) is 1.72. The fraction of sp³-hybridized carbons (Fsp3) is 0.130. The molecule has 0 bridgehead atoms. The maximum atomic E-state index is 12.4. The number of benzene rings is 3. The zero-order valence-electron chi connectivity index (χ0n) is 15.7. The van der Waals surface area contributed by atoms with Gasteiger partial charge < -0.3 is 4.74 Å². The molecule has 29 heavy (non-hydrogen) atoms. The predicted octanol–water partition coefficient (Wildman–Crippen LogP) is 6.24. The summed E-state index contributed by atoms with van der Waals surface area (Å²) >= 11 is 4.43. The summed E-state index contributed by atoms with van der Waals surface area (Å²) in [4.78, 5) is 26.0. The summed E-state index contributed by atoms with van der Waals surface area (Å²) in [6, 6.07) is 20.1. The van der Waals surface area contributed by atoms with Gasteiger partial charge in [0.1, 0.15) is 12.4 Å². The topological polar surface area (TPSA) is 46.6 Å². The first-order valence-corrected chi connectivity index (χ1v) is 10.8. The Bertz CT molecular complexity index is 1140. The first kappa shape index (κ1) is 19.7. The van der Waals surface area contributed by atoms with E-state index in [2.05, 4.69) is 40.2 Å². The molecule has 2 amide bonds. The first-order valence-electron chi connectivity index (χ1n) is 9.20. The summed E-state index contributed by atoms with van der Waals surface area (Å²) in [5, 5.41) is 2.11. The maximum Gasteiger partial charge on any atom is 0.293 e. The van der Waals surface area contributed by atoms with Gasteiger partial charge in [-0.15, -0.1) is 0 Å². The number of carbonyl (C=O) groups excluding carboxylic acids is 2. The van der Waals surface area contributed by atoms with E-state index in [-0.39, 0.29) is 11.1 Å². The number of rotatable bonds is 5. The second kappa shape index (κ2) is 8.43. The van der Waals surface area contributed by atoms with Crippen molar-refractivity contribution in [1.29, 1.82) is 0 Å². The van der Waals surface area contributed by atoms with Crippen LogP contribution in [-0.4, -0.2) is 22.6 Å². The highest BCUT2D eigenvalue weighted by Gasteiger charge is 2.33. The van der Waals surface area contributed by atoms with E-state index in [9.17, 15) is 9.59 Å². The van der Waals surface area contributed by atoms with Crippen LogP contribution in [0.25, 0.3) is 16.8 Å². The summed E-state index contributed by atoms with van der Waals surface area (Å²) in [7, 11) is 0. The Balaban J connectivity index is 1.59. The Labute approximate surface area is 181 Å². The molecular formula is C23H18BrNO3S. The first-order chi connectivity index (χ1) is 14.0. The highest BCUT2D eigenvalue weighted by Crippen LogP contribution is 2.35. The number of hydrogen-bond acceptors (Lipinski definition) is 4. The highest BCUT2D eigenvalue weighted by molar-refractivity contribution is 9.10. The zero-order valence-corrected chi connectivity index (χ0v) is 18.1. The van der Waals surface area contributed by atoms with Gasteiger partial charge in [-0.25, -0.2) is 0 Å². The van der Waals surface area contributed by atoms with Gasteiger partial charge in [0, 0.05) is 16.6 Å². The number of thioether (sulfide) groups is 1. The van der Waals surface area contributed by atoms with Crippen molar-refractivity contribution in [2.45, 2.75) is 13.5 Å². The molecule has 0 N–H and O–H groups in total. The standard InChI is InChI=1S/C23H18BrNO3S/c1-2-25-22(26)21(29-23(25)27)13-18-12-19(24)9-10-20(18)28-14-15-7-8-16-5-3-4-6-17(16)11-15/h3-13H,2,14H2,1H3/b21-13+. The molecule has 4 rings (SSSR count). The molecule has 146 valence electrons. The molecule has 1 saturated heterocycles. The quantitative estimate of drug-likeness (QED) is 0.416. The van der Waals surface area contributed by atoms with E-state index in [4.69, 9.17) is 4.74 Å². The number of halogens is 1. The molecular weight excluding hydrogens is 450 g/mol. The number of fused-ring (bicyclic) bond motifs is 1. The molecule has 0 saturated carbocycles. The molecule has 0 spiro atoms. The minimum atomic E-state index is -0.261. The van der Waals surface area contributed by atoms with E-state index in [1.54, 1.807) is 13.0 Å². The van der Waals surface area contributed by atoms with Crippen LogP contribution in [0.3, 0.4) is 0 Å². The molecule has 0 atom stereocenters. The highest BCUT2D eigenvalue weighted by atomic mass is 79.9. The van der Waals surface area contributed by atoms with Crippen LogP contribution in [0.1, 0.15) is 18.1 Å². The lowest BCUT2D eigenvalue weighted by atomic mass is 10.1. The van der Waals surface area contributed by atoms with Gasteiger partial charge in [0.15, 0.2) is 0 Å². The Morgan fingerprint density at radius 2 is 1.83 bits per heavy atom. The van der Waals surface area contributed by atoms with Crippen LogP contribution in [0.4, 0.5) is 4.79 Å².